The first-order valence-electron chi connectivity index (χ1n) is 5.48. The maximum absolute atomic E-state index is 11.8. The molecule has 0 saturated carbocycles. The highest BCUT2D eigenvalue weighted by atomic mass is 32.2. The van der Waals surface area contributed by atoms with Crippen LogP contribution in [0.1, 0.15) is 24.1 Å². The van der Waals surface area contributed by atoms with E-state index in [1.165, 1.54) is 0 Å². The summed E-state index contributed by atoms with van der Waals surface area (Å²) in [6.45, 7) is 2.20. The Morgan fingerprint density at radius 1 is 1.35 bits per heavy atom. The summed E-state index contributed by atoms with van der Waals surface area (Å²) in [7, 11) is -3.00. The Morgan fingerprint density at radius 3 is 2.53 bits per heavy atom. The molecule has 1 fully saturated rings. The van der Waals surface area contributed by atoms with Gasteiger partial charge in [0.05, 0.1) is 22.6 Å². The molecule has 0 aromatic heterocycles. The zero-order valence-electron chi connectivity index (χ0n) is 9.55. The molecule has 1 aliphatic heterocycles. The molecular weight excluding hydrogens is 236 g/mol. The van der Waals surface area contributed by atoms with Crippen LogP contribution in [0.2, 0.25) is 0 Å². The number of sulfone groups is 1. The van der Waals surface area contributed by atoms with Crippen LogP contribution >= 0.6 is 0 Å². The Labute approximate surface area is 101 Å². The average Bonchev–Trinajstić information content (AvgIpc) is 2.33. The van der Waals surface area contributed by atoms with Gasteiger partial charge in [0.15, 0.2) is 9.84 Å². The third-order valence-corrected chi connectivity index (χ3v) is 5.30. The van der Waals surface area contributed by atoms with Crippen molar-refractivity contribution in [2.75, 3.05) is 12.3 Å². The third kappa shape index (κ3) is 2.48. The summed E-state index contributed by atoms with van der Waals surface area (Å²) in [6, 6.07) is 8.91. The zero-order valence-corrected chi connectivity index (χ0v) is 10.4. The van der Waals surface area contributed by atoms with Crippen LogP contribution in [0.3, 0.4) is 0 Å². The van der Waals surface area contributed by atoms with Gasteiger partial charge >= 0.3 is 0 Å². The van der Waals surface area contributed by atoms with Crippen LogP contribution in [0.15, 0.2) is 24.3 Å². The largest absolute Gasteiger partial charge is 0.308 e. The minimum absolute atomic E-state index is 0.125. The van der Waals surface area contributed by atoms with Crippen molar-refractivity contribution in [1.82, 2.24) is 5.32 Å². The van der Waals surface area contributed by atoms with E-state index in [0.29, 0.717) is 12.1 Å². The summed E-state index contributed by atoms with van der Waals surface area (Å²) in [4.78, 5) is 0. The van der Waals surface area contributed by atoms with E-state index < -0.39 is 9.84 Å². The second-order valence-corrected chi connectivity index (χ2v) is 6.80. The second-order valence-electron chi connectivity index (χ2n) is 4.33. The number of rotatable bonds is 1. The van der Waals surface area contributed by atoms with Crippen LogP contribution in [-0.2, 0) is 9.84 Å². The molecule has 4 nitrogen and oxygen atoms in total. The molecule has 90 valence electrons. The molecule has 2 rings (SSSR count). The number of nitrogens with one attached hydrogen (secondary N) is 1. The number of nitriles is 1. The van der Waals surface area contributed by atoms with Gasteiger partial charge in [0, 0.05) is 12.6 Å². The molecular formula is C12H14N2O2S. The van der Waals surface area contributed by atoms with E-state index in [0.717, 1.165) is 5.56 Å². The molecule has 2 unspecified atom stereocenters. The van der Waals surface area contributed by atoms with E-state index >= 15 is 0 Å². The fraction of sp³-hybridized carbons (Fsp3) is 0.417. The smallest absolute Gasteiger partial charge is 0.156 e. The van der Waals surface area contributed by atoms with Gasteiger partial charge in [-0.2, -0.15) is 5.26 Å². The molecule has 1 aliphatic rings. The van der Waals surface area contributed by atoms with E-state index in [4.69, 9.17) is 5.26 Å². The number of benzene rings is 1. The average molecular weight is 250 g/mol. The van der Waals surface area contributed by atoms with Crippen molar-refractivity contribution in [1.29, 1.82) is 5.26 Å². The first-order valence-corrected chi connectivity index (χ1v) is 7.19. The highest BCUT2D eigenvalue weighted by Crippen LogP contribution is 2.21. The lowest BCUT2D eigenvalue weighted by molar-refractivity contribution is 0.502. The number of nitrogens with zero attached hydrogens (tertiary/aromatic N) is 1. The minimum Gasteiger partial charge on any atom is -0.308 e. The standard InChI is InChI=1S/C12H14N2O2S/c1-9-7-14-12(8-17(9,15)16)11-4-2-10(6-13)3-5-11/h2-5,9,12,14H,7-8H2,1H3. The molecule has 17 heavy (non-hydrogen) atoms. The van der Waals surface area contributed by atoms with Gasteiger partial charge in [-0.15, -0.1) is 0 Å². The lowest BCUT2D eigenvalue weighted by Gasteiger charge is -2.28. The monoisotopic (exact) mass is 250 g/mol. The maximum Gasteiger partial charge on any atom is 0.156 e. The van der Waals surface area contributed by atoms with E-state index in [2.05, 4.69) is 5.32 Å². The topological polar surface area (TPSA) is 70.0 Å². The predicted molar refractivity (Wildman–Crippen MR) is 65.1 cm³/mol. The Balaban J connectivity index is 2.21. The molecule has 1 saturated heterocycles. The highest BCUT2D eigenvalue weighted by molar-refractivity contribution is 7.92. The van der Waals surface area contributed by atoms with Gasteiger partial charge in [-0.25, -0.2) is 8.42 Å². The van der Waals surface area contributed by atoms with Crippen LogP contribution in [-0.4, -0.2) is 26.0 Å². The summed E-state index contributed by atoms with van der Waals surface area (Å²) >= 11 is 0. The van der Waals surface area contributed by atoms with Gasteiger partial charge in [-0.1, -0.05) is 12.1 Å². The lowest BCUT2D eigenvalue weighted by atomic mass is 10.1. The van der Waals surface area contributed by atoms with Crippen LogP contribution in [0.4, 0.5) is 0 Å². The van der Waals surface area contributed by atoms with Crippen LogP contribution in [0.5, 0.6) is 0 Å². The summed E-state index contributed by atoms with van der Waals surface area (Å²) < 4.78 is 23.6. The number of hydrogen-bond acceptors (Lipinski definition) is 4. The van der Waals surface area contributed by atoms with Crippen LogP contribution < -0.4 is 5.32 Å². The first-order chi connectivity index (χ1) is 8.03. The molecule has 0 bridgehead atoms. The molecule has 1 aromatic rings. The number of hydrogen-bond donors (Lipinski definition) is 1. The van der Waals surface area contributed by atoms with E-state index in [1.54, 1.807) is 19.1 Å². The SMILES string of the molecule is CC1CNC(c2ccc(C#N)cc2)CS1(=O)=O. The molecule has 5 heteroatoms. The van der Waals surface area contributed by atoms with E-state index in [9.17, 15) is 8.42 Å². The first kappa shape index (κ1) is 12.1. The molecule has 0 radical (unpaired) electrons. The zero-order chi connectivity index (χ0) is 12.5. The van der Waals surface area contributed by atoms with Gasteiger partial charge in [0.25, 0.3) is 0 Å². The van der Waals surface area contributed by atoms with Crippen LogP contribution in [0, 0.1) is 11.3 Å². The van der Waals surface area contributed by atoms with Crippen molar-refractivity contribution in [3.8, 4) is 6.07 Å². The molecule has 0 aliphatic carbocycles. The highest BCUT2D eigenvalue weighted by Gasteiger charge is 2.31. The van der Waals surface area contributed by atoms with Crippen molar-refractivity contribution in [3.05, 3.63) is 35.4 Å². The molecule has 0 amide bonds. The normalized spacial score (nSPS) is 27.3. The van der Waals surface area contributed by atoms with Crippen molar-refractivity contribution < 1.29 is 8.42 Å². The van der Waals surface area contributed by atoms with Gasteiger partial charge in [-0.05, 0) is 24.6 Å². The maximum atomic E-state index is 11.8. The molecule has 1 N–H and O–H groups in total. The van der Waals surface area contributed by atoms with Gasteiger partial charge in [0.1, 0.15) is 0 Å². The van der Waals surface area contributed by atoms with Crippen molar-refractivity contribution in [3.63, 3.8) is 0 Å². The summed E-state index contributed by atoms with van der Waals surface area (Å²) in [5, 5.41) is 11.6. The van der Waals surface area contributed by atoms with Gasteiger partial charge in [-0.3, -0.25) is 0 Å². The molecule has 0 spiro atoms. The Morgan fingerprint density at radius 2 is 2.00 bits per heavy atom. The van der Waals surface area contributed by atoms with E-state index in [-0.39, 0.29) is 17.0 Å². The van der Waals surface area contributed by atoms with Crippen molar-refractivity contribution >= 4 is 9.84 Å². The van der Waals surface area contributed by atoms with Crippen molar-refractivity contribution in [2.24, 2.45) is 0 Å². The fourth-order valence-corrected chi connectivity index (χ4v) is 3.35. The van der Waals surface area contributed by atoms with E-state index in [1.807, 2.05) is 18.2 Å². The second kappa shape index (κ2) is 4.47. The Hall–Kier alpha value is -1.38. The molecule has 1 heterocycles. The summed E-state index contributed by atoms with van der Waals surface area (Å²) in [6.07, 6.45) is 0. The lowest BCUT2D eigenvalue weighted by Crippen LogP contribution is -2.44. The van der Waals surface area contributed by atoms with Gasteiger partial charge in [0.2, 0.25) is 0 Å². The van der Waals surface area contributed by atoms with Crippen LogP contribution in [0.25, 0.3) is 0 Å². The third-order valence-electron chi connectivity index (χ3n) is 3.11. The summed E-state index contributed by atoms with van der Waals surface area (Å²) in [5.41, 5.74) is 1.50. The minimum atomic E-state index is -3.00. The quantitative estimate of drug-likeness (QED) is 0.807. The van der Waals surface area contributed by atoms with Gasteiger partial charge < -0.3 is 5.32 Å². The predicted octanol–water partition coefficient (Wildman–Crippen LogP) is 1.01. The Kier molecular flexibility index (Phi) is 3.18. The fourth-order valence-electron chi connectivity index (χ4n) is 1.89. The summed E-state index contributed by atoms with van der Waals surface area (Å²) in [5.74, 6) is 0.125. The van der Waals surface area contributed by atoms with Crippen molar-refractivity contribution in [2.45, 2.75) is 18.2 Å². The Bertz CT molecular complexity index is 543. The molecule has 2 atom stereocenters. The molecule has 1 aromatic carbocycles.